The molecule has 0 amide bonds. The van der Waals surface area contributed by atoms with E-state index in [1.807, 2.05) is 0 Å². The van der Waals surface area contributed by atoms with Crippen molar-refractivity contribution in [1.82, 2.24) is 0 Å². The SMILES string of the molecule is CCCCCCCCCCCCCCCCCCCCCCCCCCCCCCCCCCCCCCCCCCCCCCCCCCCCCCCCCCOOOOOOOOOOOOOOOOOOOOOOOOS(C)(=O)=O. The zero-order chi connectivity index (χ0) is 61.8. The van der Waals surface area contributed by atoms with E-state index in [-0.39, 0.29) is 6.61 Å². The van der Waals surface area contributed by atoms with Crippen molar-refractivity contribution < 1.29 is 128 Å². The molecule has 0 atom stereocenters. The first-order valence-corrected chi connectivity index (χ1v) is 35.6. The Morgan fingerprint density at radius 1 is 0.174 bits per heavy atom. The van der Waals surface area contributed by atoms with Gasteiger partial charge in [0.25, 0.3) is 10.1 Å². The Labute approximate surface area is 516 Å². The van der Waals surface area contributed by atoms with Gasteiger partial charge in [0, 0.05) is 30.2 Å². The summed E-state index contributed by atoms with van der Waals surface area (Å²) in [5.74, 6) is 0. The zero-order valence-electron chi connectivity index (χ0n) is 53.3. The summed E-state index contributed by atoms with van der Waals surface area (Å²) in [4.78, 5) is 4.75. The van der Waals surface area contributed by atoms with Crippen LogP contribution in [0.25, 0.3) is 0 Å². The van der Waals surface area contributed by atoms with Gasteiger partial charge in [0.2, 0.25) is 0 Å². The van der Waals surface area contributed by atoms with Crippen LogP contribution in [0.5, 0.6) is 0 Å². The van der Waals surface area contributed by atoms with Crippen LogP contribution < -0.4 is 0 Å². The molecule has 0 aromatic rings. The van der Waals surface area contributed by atoms with Gasteiger partial charge in [-0.25, -0.2) is 4.89 Å². The molecule has 0 saturated heterocycles. The van der Waals surface area contributed by atoms with E-state index in [1.54, 1.807) is 0 Å². The number of unbranched alkanes of at least 4 members (excludes halogenated alkanes) is 55. The van der Waals surface area contributed by atoms with Crippen molar-refractivity contribution in [2.45, 2.75) is 366 Å². The van der Waals surface area contributed by atoms with Crippen molar-refractivity contribution >= 4 is 10.1 Å². The summed E-state index contributed by atoms with van der Waals surface area (Å²) < 4.78 is 24.5. The maximum absolute atomic E-state index is 10.5. The van der Waals surface area contributed by atoms with Crippen LogP contribution in [-0.2, 0) is 130 Å². The molecular weight excluding hydrogens is 1160 g/mol. The average Bonchev–Trinajstić information content (AvgIpc) is 3.51. The summed E-state index contributed by atoms with van der Waals surface area (Å²) in [6.07, 6.45) is 79.7. The molecule has 0 N–H and O–H groups in total. The van der Waals surface area contributed by atoms with Crippen molar-refractivity contribution in [1.29, 1.82) is 0 Å². The topological polar surface area (TPSA) is 256 Å². The summed E-state index contributed by atoms with van der Waals surface area (Å²) in [5, 5.41) is 80.9. The highest BCUT2D eigenvalue weighted by atomic mass is 32.2. The summed E-state index contributed by atoms with van der Waals surface area (Å²) in [5.41, 5.74) is 0. The third-order valence-electron chi connectivity index (χ3n) is 14.9. The Bertz CT molecular complexity index is 1320. The van der Waals surface area contributed by atoms with Crippen molar-refractivity contribution in [3.63, 3.8) is 0 Å². The van der Waals surface area contributed by atoms with E-state index in [2.05, 4.69) is 122 Å². The van der Waals surface area contributed by atoms with Crippen LogP contribution in [0.1, 0.15) is 366 Å². The summed E-state index contributed by atoms with van der Waals surface area (Å²) in [7, 11) is -3.98. The van der Waals surface area contributed by atoms with E-state index < -0.39 is 10.1 Å². The van der Waals surface area contributed by atoms with Gasteiger partial charge in [-0.05, 0) is 87.0 Å². The fraction of sp³-hybridized carbons (Fsp3) is 1.00. The van der Waals surface area contributed by atoms with Crippen LogP contribution in [0.15, 0.2) is 0 Å². The van der Waals surface area contributed by atoms with Crippen LogP contribution in [-0.4, -0.2) is 21.3 Å². The summed E-state index contributed by atoms with van der Waals surface area (Å²) in [6.45, 7) is 2.58. The highest BCUT2D eigenvalue weighted by molar-refractivity contribution is 7.85. The molecule has 0 aliphatic carbocycles. The van der Waals surface area contributed by atoms with Crippen LogP contribution in [0.4, 0.5) is 0 Å². The second-order valence-electron chi connectivity index (χ2n) is 22.5. The van der Waals surface area contributed by atoms with Gasteiger partial charge in [-0.3, -0.25) is 0 Å². The molecule has 0 fully saturated rings. The standard InChI is InChI=1S/C59H120O26S/c1-3-4-5-6-7-8-9-10-11-12-13-14-15-16-17-18-19-20-21-22-23-24-25-26-27-28-29-30-31-32-33-34-35-36-37-38-39-40-41-42-43-44-45-46-47-48-49-50-51-52-53-54-55-56-57-58-59-62-63-64-65-66-67-68-69-70-71-72-73-74-75-76-77-78-79-80-81-82-83-84-85-86(2,60)61/h3-59H2,1-2H3. The number of rotatable bonds is 81. The van der Waals surface area contributed by atoms with Crippen molar-refractivity contribution in [3.05, 3.63) is 0 Å². The fourth-order valence-corrected chi connectivity index (χ4v) is 10.2. The van der Waals surface area contributed by atoms with Crippen LogP contribution in [0, 0.1) is 0 Å². The Morgan fingerprint density at radius 2 is 0.302 bits per heavy atom. The smallest absolute Gasteiger partial charge is 0.204 e. The molecule has 0 aromatic carbocycles. The molecule has 0 heterocycles. The van der Waals surface area contributed by atoms with Gasteiger partial charge in [-0.1, -0.05) is 364 Å². The Balaban J connectivity index is 3.09. The summed E-state index contributed by atoms with van der Waals surface area (Å²) >= 11 is 0. The Morgan fingerprint density at radius 3 is 0.453 bits per heavy atom. The first-order chi connectivity index (χ1) is 42.6. The van der Waals surface area contributed by atoms with Gasteiger partial charge in [-0.2, -0.15) is 8.42 Å². The van der Waals surface area contributed by atoms with Gasteiger partial charge in [-0.15, -0.1) is 0 Å². The highest BCUT2D eigenvalue weighted by Crippen LogP contribution is 2.20. The van der Waals surface area contributed by atoms with E-state index >= 15 is 0 Å². The molecular formula is C59H120O26S. The summed E-state index contributed by atoms with van der Waals surface area (Å²) in [6, 6.07) is 0. The van der Waals surface area contributed by atoms with Crippen LogP contribution >= 0.6 is 0 Å². The molecule has 518 valence electrons. The molecule has 0 spiro atoms. The van der Waals surface area contributed by atoms with Gasteiger partial charge < -0.3 is 0 Å². The molecule has 27 heteroatoms. The molecule has 0 aliphatic heterocycles. The molecule has 0 bridgehead atoms. The van der Waals surface area contributed by atoms with Gasteiger partial charge in [0.15, 0.2) is 0 Å². The maximum atomic E-state index is 10.5. The van der Waals surface area contributed by atoms with Crippen LogP contribution in [0.3, 0.4) is 0 Å². The third-order valence-corrected chi connectivity index (χ3v) is 15.2. The normalized spacial score (nSPS) is 12.0. The fourth-order valence-electron chi connectivity index (χ4n) is 10.1. The molecule has 86 heavy (non-hydrogen) atoms. The average molecular weight is 1280 g/mol. The lowest BCUT2D eigenvalue weighted by Crippen LogP contribution is -2.07. The minimum Gasteiger partial charge on any atom is -0.204 e. The molecule has 0 saturated carbocycles. The number of hydrogen-bond acceptors (Lipinski definition) is 26. The van der Waals surface area contributed by atoms with Crippen molar-refractivity contribution in [2.24, 2.45) is 0 Å². The second-order valence-corrected chi connectivity index (χ2v) is 24.1. The molecule has 0 aliphatic rings. The quantitative estimate of drug-likeness (QED) is 0.0311. The lowest BCUT2D eigenvalue weighted by Gasteiger charge is -2.05. The molecule has 0 unspecified atom stereocenters. The lowest BCUT2D eigenvalue weighted by molar-refractivity contribution is -0.899. The Kier molecular flexibility index (Phi) is 77.3. The van der Waals surface area contributed by atoms with E-state index in [0.717, 1.165) is 19.3 Å². The van der Waals surface area contributed by atoms with E-state index in [0.29, 0.717) is 6.26 Å². The van der Waals surface area contributed by atoms with E-state index in [9.17, 15) is 8.42 Å². The van der Waals surface area contributed by atoms with Crippen molar-refractivity contribution in [3.8, 4) is 0 Å². The zero-order valence-corrected chi connectivity index (χ0v) is 54.1. The van der Waals surface area contributed by atoms with Crippen molar-refractivity contribution in [2.75, 3.05) is 12.9 Å². The predicted octanol–water partition coefficient (Wildman–Crippen LogP) is 20.3. The first kappa shape index (κ1) is 85.0. The Hall–Kier alpha value is -1.01. The monoisotopic (exact) mass is 1280 g/mol. The minimum absolute atomic E-state index is 0.273. The molecule has 26 nitrogen and oxygen atoms in total. The largest absolute Gasteiger partial charge is 0.293 e. The minimum atomic E-state index is -3.98. The molecule has 0 rings (SSSR count). The van der Waals surface area contributed by atoms with Gasteiger partial charge in [0.05, 0.1) is 12.9 Å². The predicted molar refractivity (Wildman–Crippen MR) is 310 cm³/mol. The van der Waals surface area contributed by atoms with E-state index in [1.165, 1.54) is 340 Å². The third kappa shape index (κ3) is 83.0. The molecule has 0 radical (unpaired) electrons. The maximum Gasteiger partial charge on any atom is 0.293 e. The van der Waals surface area contributed by atoms with Gasteiger partial charge in [0.1, 0.15) is 0 Å². The second kappa shape index (κ2) is 78.2. The molecule has 0 aromatic heterocycles. The van der Waals surface area contributed by atoms with Gasteiger partial charge >= 0.3 is 0 Å². The van der Waals surface area contributed by atoms with E-state index in [4.69, 9.17) is 4.89 Å². The number of hydrogen-bond donors (Lipinski definition) is 0. The first-order valence-electron chi connectivity index (χ1n) is 33.7. The lowest BCUT2D eigenvalue weighted by atomic mass is 10.0. The highest BCUT2D eigenvalue weighted by Gasteiger charge is 2.06. The van der Waals surface area contributed by atoms with Crippen LogP contribution in [0.2, 0.25) is 0 Å².